The third kappa shape index (κ3) is 2.77. The van der Waals surface area contributed by atoms with Gasteiger partial charge in [-0.1, -0.05) is 44.9 Å². The summed E-state index contributed by atoms with van der Waals surface area (Å²) in [6.45, 7) is 0. The van der Waals surface area contributed by atoms with Crippen molar-refractivity contribution in [1.29, 1.82) is 0 Å². The molecule has 98 valence electrons. The highest BCUT2D eigenvalue weighted by Crippen LogP contribution is 2.36. The molecule has 0 spiro atoms. The number of hydrogen-bond acceptors (Lipinski definition) is 2. The Kier molecular flexibility index (Phi) is 3.99. The molecule has 1 saturated carbocycles. The van der Waals surface area contributed by atoms with Gasteiger partial charge in [0.05, 0.1) is 6.20 Å². The van der Waals surface area contributed by atoms with Crippen LogP contribution in [0.25, 0.3) is 10.2 Å². The predicted molar refractivity (Wildman–Crippen MR) is 78.3 cm³/mol. The minimum Gasteiger partial charge on any atom is -0.268 e. The molecule has 0 aliphatic heterocycles. The molecule has 2 heterocycles. The third-order valence-electron chi connectivity index (χ3n) is 4.16. The Morgan fingerprint density at radius 2 is 1.67 bits per heavy atom. The first kappa shape index (κ1) is 12.2. The number of hydrogen-bond donors (Lipinski definition) is 1. The first-order chi connectivity index (χ1) is 8.93. The van der Waals surface area contributed by atoms with Gasteiger partial charge >= 0.3 is 0 Å². The molecule has 3 rings (SSSR count). The number of H-pyrrole nitrogens is 1. The van der Waals surface area contributed by atoms with Crippen molar-refractivity contribution in [3.63, 3.8) is 0 Å². The van der Waals surface area contributed by atoms with E-state index in [1.54, 1.807) is 4.88 Å². The van der Waals surface area contributed by atoms with E-state index < -0.39 is 0 Å². The van der Waals surface area contributed by atoms with Crippen LogP contribution < -0.4 is 0 Å². The van der Waals surface area contributed by atoms with Gasteiger partial charge in [-0.15, -0.1) is 11.3 Å². The fourth-order valence-corrected chi connectivity index (χ4v) is 4.22. The fraction of sp³-hybridized carbons (Fsp3) is 0.667. The first-order valence-electron chi connectivity index (χ1n) is 7.36. The van der Waals surface area contributed by atoms with Crippen LogP contribution in [0.2, 0.25) is 0 Å². The highest BCUT2D eigenvalue weighted by molar-refractivity contribution is 7.18. The second kappa shape index (κ2) is 5.87. The molecular weight excluding hydrogens is 240 g/mol. The van der Waals surface area contributed by atoms with Crippen LogP contribution in [0.1, 0.15) is 68.6 Å². The number of rotatable bonds is 1. The minimum atomic E-state index is 0.800. The van der Waals surface area contributed by atoms with Crippen molar-refractivity contribution in [2.45, 2.75) is 63.7 Å². The summed E-state index contributed by atoms with van der Waals surface area (Å²) in [5.41, 5.74) is 0. The number of nitrogens with zero attached hydrogens (tertiary/aromatic N) is 1. The van der Waals surface area contributed by atoms with Crippen LogP contribution in [0, 0.1) is 0 Å². The van der Waals surface area contributed by atoms with Gasteiger partial charge in [-0.05, 0) is 24.8 Å². The Balaban J connectivity index is 1.72. The zero-order valence-electron chi connectivity index (χ0n) is 11.0. The number of aromatic nitrogens is 2. The summed E-state index contributed by atoms with van der Waals surface area (Å²) < 4.78 is 0. The summed E-state index contributed by atoms with van der Waals surface area (Å²) >= 11 is 1.92. The number of thiophene rings is 1. The van der Waals surface area contributed by atoms with E-state index in [1.807, 2.05) is 17.5 Å². The molecule has 3 heteroatoms. The molecule has 0 atom stereocenters. The van der Waals surface area contributed by atoms with Crippen molar-refractivity contribution in [3.05, 3.63) is 17.1 Å². The second-order valence-corrected chi connectivity index (χ2v) is 6.64. The summed E-state index contributed by atoms with van der Waals surface area (Å²) in [5, 5.41) is 8.49. The maximum absolute atomic E-state index is 4.09. The Morgan fingerprint density at radius 3 is 2.33 bits per heavy atom. The highest BCUT2D eigenvalue weighted by Gasteiger charge is 2.15. The van der Waals surface area contributed by atoms with Crippen molar-refractivity contribution in [2.24, 2.45) is 0 Å². The van der Waals surface area contributed by atoms with E-state index in [1.165, 1.54) is 68.0 Å². The standard InChI is InChI=1S/C15H22N2S/c1-2-4-6-8-12(9-7-5-3-1)14-10-13-11-16-17-15(13)18-14/h10-12H,1-9H2,(H,16,17). The molecule has 2 aromatic heterocycles. The van der Waals surface area contributed by atoms with E-state index in [9.17, 15) is 0 Å². The van der Waals surface area contributed by atoms with Gasteiger partial charge in [0.25, 0.3) is 0 Å². The zero-order valence-corrected chi connectivity index (χ0v) is 11.8. The molecule has 0 amide bonds. The summed E-state index contributed by atoms with van der Waals surface area (Å²) in [5.74, 6) is 0.800. The maximum Gasteiger partial charge on any atom is 0.118 e. The second-order valence-electron chi connectivity index (χ2n) is 5.55. The van der Waals surface area contributed by atoms with E-state index in [4.69, 9.17) is 0 Å². The molecule has 0 aromatic carbocycles. The Bertz CT molecular complexity index is 447. The smallest absolute Gasteiger partial charge is 0.118 e. The zero-order chi connectivity index (χ0) is 12.2. The van der Waals surface area contributed by atoms with Gasteiger partial charge in [0, 0.05) is 10.3 Å². The van der Waals surface area contributed by atoms with E-state index in [0.717, 1.165) is 5.92 Å². The Morgan fingerprint density at radius 1 is 1.00 bits per heavy atom. The van der Waals surface area contributed by atoms with E-state index in [0.29, 0.717) is 0 Å². The maximum atomic E-state index is 4.09. The quantitative estimate of drug-likeness (QED) is 0.748. The van der Waals surface area contributed by atoms with Gasteiger partial charge in [0.2, 0.25) is 0 Å². The molecule has 2 aromatic rings. The molecular formula is C15H22N2S. The molecule has 1 aliphatic carbocycles. The van der Waals surface area contributed by atoms with Gasteiger partial charge in [-0.3, -0.25) is 5.10 Å². The molecule has 1 aliphatic rings. The molecule has 2 nitrogen and oxygen atoms in total. The molecule has 1 N–H and O–H groups in total. The van der Waals surface area contributed by atoms with Crippen molar-refractivity contribution < 1.29 is 0 Å². The van der Waals surface area contributed by atoms with Crippen LogP contribution in [0.15, 0.2) is 12.3 Å². The van der Waals surface area contributed by atoms with Gasteiger partial charge in [0.15, 0.2) is 0 Å². The Hall–Kier alpha value is -0.830. The molecule has 0 unspecified atom stereocenters. The lowest BCUT2D eigenvalue weighted by molar-refractivity contribution is 0.466. The van der Waals surface area contributed by atoms with Crippen molar-refractivity contribution in [1.82, 2.24) is 10.2 Å². The summed E-state index contributed by atoms with van der Waals surface area (Å²) in [6.07, 6.45) is 14.8. The fourth-order valence-electron chi connectivity index (χ4n) is 3.06. The van der Waals surface area contributed by atoms with Crippen molar-refractivity contribution in [2.75, 3.05) is 0 Å². The summed E-state index contributed by atoms with van der Waals surface area (Å²) in [4.78, 5) is 2.83. The summed E-state index contributed by atoms with van der Waals surface area (Å²) in [6, 6.07) is 2.36. The number of fused-ring (bicyclic) bond motifs is 1. The van der Waals surface area contributed by atoms with Crippen LogP contribution in [0.3, 0.4) is 0 Å². The monoisotopic (exact) mass is 262 g/mol. The van der Waals surface area contributed by atoms with Crippen LogP contribution in [-0.2, 0) is 0 Å². The number of nitrogens with one attached hydrogen (secondary N) is 1. The predicted octanol–water partition coefficient (Wildman–Crippen LogP) is 5.23. The molecule has 0 radical (unpaired) electrons. The Labute approximate surface area is 113 Å². The van der Waals surface area contributed by atoms with E-state index >= 15 is 0 Å². The van der Waals surface area contributed by atoms with E-state index in [-0.39, 0.29) is 0 Å². The SMILES string of the molecule is c1n[nH]c2sc(C3CCCCCCCCC3)cc12. The summed E-state index contributed by atoms with van der Waals surface area (Å²) in [7, 11) is 0. The highest BCUT2D eigenvalue weighted by atomic mass is 32.1. The first-order valence-corrected chi connectivity index (χ1v) is 8.18. The average Bonchev–Trinajstić information content (AvgIpc) is 2.96. The lowest BCUT2D eigenvalue weighted by Gasteiger charge is -2.17. The van der Waals surface area contributed by atoms with Crippen molar-refractivity contribution in [3.8, 4) is 0 Å². The van der Waals surface area contributed by atoms with Gasteiger partial charge in [-0.2, -0.15) is 5.10 Å². The minimum absolute atomic E-state index is 0.800. The molecule has 0 bridgehead atoms. The molecule has 18 heavy (non-hydrogen) atoms. The average molecular weight is 262 g/mol. The van der Waals surface area contributed by atoms with Crippen LogP contribution >= 0.6 is 11.3 Å². The van der Waals surface area contributed by atoms with Gasteiger partial charge in [-0.25, -0.2) is 0 Å². The lowest BCUT2D eigenvalue weighted by atomic mass is 9.91. The van der Waals surface area contributed by atoms with Gasteiger partial charge < -0.3 is 0 Å². The van der Waals surface area contributed by atoms with Crippen LogP contribution in [0.4, 0.5) is 0 Å². The lowest BCUT2D eigenvalue weighted by Crippen LogP contribution is -1.99. The molecule has 0 saturated heterocycles. The topological polar surface area (TPSA) is 28.7 Å². The van der Waals surface area contributed by atoms with Crippen LogP contribution in [-0.4, -0.2) is 10.2 Å². The van der Waals surface area contributed by atoms with E-state index in [2.05, 4.69) is 16.3 Å². The van der Waals surface area contributed by atoms with Crippen molar-refractivity contribution >= 4 is 21.6 Å². The molecule has 1 fully saturated rings. The van der Waals surface area contributed by atoms with Crippen LogP contribution in [0.5, 0.6) is 0 Å². The van der Waals surface area contributed by atoms with Gasteiger partial charge in [0.1, 0.15) is 4.83 Å². The number of aromatic amines is 1. The largest absolute Gasteiger partial charge is 0.268 e. The third-order valence-corrected chi connectivity index (χ3v) is 5.38. The normalized spacial score (nSPS) is 20.2.